The average Bonchev–Trinajstić information content (AvgIpc) is 2.33. The largest absolute Gasteiger partial charge is 0.388 e. The molecule has 0 bridgehead atoms. The Labute approximate surface area is 92.0 Å². The van der Waals surface area contributed by atoms with Gasteiger partial charge < -0.3 is 5.32 Å². The maximum atomic E-state index is 11.9. The van der Waals surface area contributed by atoms with Crippen LogP contribution in [0.5, 0.6) is 0 Å². The van der Waals surface area contributed by atoms with Crippen molar-refractivity contribution < 1.29 is 4.79 Å². The Morgan fingerprint density at radius 2 is 2.06 bits per heavy atom. The van der Waals surface area contributed by atoms with Crippen LogP contribution in [-0.2, 0) is 0 Å². The smallest absolute Gasteiger partial charge is 0.188 e. The van der Waals surface area contributed by atoms with E-state index in [4.69, 9.17) is 0 Å². The first-order valence-electron chi connectivity index (χ1n) is 4.99. The van der Waals surface area contributed by atoms with Gasteiger partial charge in [0.1, 0.15) is 6.33 Å². The zero-order valence-electron chi connectivity index (χ0n) is 8.69. The quantitative estimate of drug-likeness (QED) is 0.782. The van der Waals surface area contributed by atoms with Gasteiger partial charge in [-0.2, -0.15) is 0 Å². The first-order valence-corrected chi connectivity index (χ1v) is 4.99. The molecule has 0 saturated heterocycles. The number of ketones is 1. The van der Waals surface area contributed by atoms with Crippen molar-refractivity contribution in [2.45, 2.75) is 0 Å². The third kappa shape index (κ3) is 1.07. The molecule has 0 radical (unpaired) electrons. The van der Waals surface area contributed by atoms with Gasteiger partial charge in [-0.25, -0.2) is 9.97 Å². The summed E-state index contributed by atoms with van der Waals surface area (Å²) in [5, 5.41) is 3.85. The zero-order chi connectivity index (χ0) is 11.1. The van der Waals surface area contributed by atoms with Crippen LogP contribution < -0.4 is 5.32 Å². The molecule has 2 aromatic rings. The monoisotopic (exact) mass is 211 g/mol. The molecule has 0 fully saturated rings. The minimum Gasteiger partial charge on any atom is -0.388 e. The Bertz CT molecular complexity index is 631. The van der Waals surface area contributed by atoms with E-state index in [9.17, 15) is 4.79 Å². The van der Waals surface area contributed by atoms with Gasteiger partial charge in [0.2, 0.25) is 0 Å². The minimum atomic E-state index is -0.00255. The Morgan fingerprint density at radius 1 is 1.19 bits per heavy atom. The van der Waals surface area contributed by atoms with Gasteiger partial charge in [-0.05, 0) is 24.3 Å². The summed E-state index contributed by atoms with van der Waals surface area (Å²) < 4.78 is 0. The molecule has 4 heteroatoms. The van der Waals surface area contributed by atoms with E-state index in [-0.39, 0.29) is 5.78 Å². The fourth-order valence-electron chi connectivity index (χ4n) is 2.00. The molecule has 78 valence electrons. The lowest BCUT2D eigenvalue weighted by molar-refractivity contribution is 0.104. The van der Waals surface area contributed by atoms with E-state index in [0.29, 0.717) is 5.56 Å². The summed E-state index contributed by atoms with van der Waals surface area (Å²) in [5.41, 5.74) is 3.09. The average molecular weight is 211 g/mol. The van der Waals surface area contributed by atoms with E-state index in [2.05, 4.69) is 15.3 Å². The Hall–Kier alpha value is -2.23. The number of allylic oxidation sites excluding steroid dienone is 1. The molecule has 0 unspecified atom stereocenters. The molecular formula is C12H9N3O. The second-order valence-electron chi connectivity index (χ2n) is 3.59. The van der Waals surface area contributed by atoms with Gasteiger partial charge in [0.25, 0.3) is 0 Å². The number of hydrogen-bond acceptors (Lipinski definition) is 4. The number of carbonyl (C=O) groups excluding carboxylic acids is 1. The van der Waals surface area contributed by atoms with Crippen molar-refractivity contribution in [3.63, 3.8) is 0 Å². The fourth-order valence-corrected chi connectivity index (χ4v) is 2.00. The summed E-state index contributed by atoms with van der Waals surface area (Å²) in [4.78, 5) is 20.2. The number of carbonyl (C=O) groups is 1. The number of anilines is 1. The van der Waals surface area contributed by atoms with Crippen LogP contribution in [-0.4, -0.2) is 22.8 Å². The van der Waals surface area contributed by atoms with Crippen LogP contribution >= 0.6 is 0 Å². The van der Waals surface area contributed by atoms with Crippen molar-refractivity contribution in [2.24, 2.45) is 0 Å². The molecule has 1 heterocycles. The molecule has 0 amide bonds. The molecule has 1 N–H and O–H groups in total. The van der Waals surface area contributed by atoms with Crippen molar-refractivity contribution >= 4 is 28.4 Å². The lowest BCUT2D eigenvalue weighted by Gasteiger charge is -2.14. The van der Waals surface area contributed by atoms with Crippen LogP contribution in [0.3, 0.4) is 0 Å². The van der Waals surface area contributed by atoms with Crippen LogP contribution in [0.15, 0.2) is 24.5 Å². The number of nitrogens with zero attached hydrogens (tertiary/aromatic N) is 2. The molecule has 1 aromatic heterocycles. The number of rotatable bonds is 1. The number of benzene rings is 1. The van der Waals surface area contributed by atoms with Crippen LogP contribution in [0.4, 0.5) is 5.69 Å². The molecule has 0 atom stereocenters. The van der Waals surface area contributed by atoms with Crippen LogP contribution in [0.2, 0.25) is 0 Å². The second-order valence-corrected chi connectivity index (χ2v) is 3.59. The molecule has 1 aromatic carbocycles. The molecule has 0 spiro atoms. The van der Waals surface area contributed by atoms with Crippen molar-refractivity contribution in [1.82, 2.24) is 9.97 Å². The highest BCUT2D eigenvalue weighted by Crippen LogP contribution is 2.30. The predicted octanol–water partition coefficient (Wildman–Crippen LogP) is 1.88. The maximum Gasteiger partial charge on any atom is 0.188 e. The molecule has 1 aliphatic carbocycles. The van der Waals surface area contributed by atoms with Gasteiger partial charge in [0.15, 0.2) is 5.78 Å². The van der Waals surface area contributed by atoms with Crippen molar-refractivity contribution in [1.29, 1.82) is 0 Å². The van der Waals surface area contributed by atoms with E-state index < -0.39 is 0 Å². The number of nitrogens with one attached hydrogen (secondary N) is 1. The third-order valence-electron chi connectivity index (χ3n) is 2.74. The summed E-state index contributed by atoms with van der Waals surface area (Å²) in [5.74, 6) is -0.00255. The van der Waals surface area contributed by atoms with Crippen molar-refractivity contribution in [3.05, 3.63) is 35.8 Å². The molecule has 1 aliphatic rings. The van der Waals surface area contributed by atoms with Gasteiger partial charge in [0, 0.05) is 18.1 Å². The van der Waals surface area contributed by atoms with E-state index in [1.54, 1.807) is 19.2 Å². The van der Waals surface area contributed by atoms with Gasteiger partial charge >= 0.3 is 0 Å². The minimum absolute atomic E-state index is 0.00255. The first-order chi connectivity index (χ1) is 7.81. The highest BCUT2D eigenvalue weighted by Gasteiger charge is 2.19. The maximum absolute atomic E-state index is 11.9. The molecular weight excluding hydrogens is 202 g/mol. The Balaban J connectivity index is 2.53. The van der Waals surface area contributed by atoms with Gasteiger partial charge in [-0.15, -0.1) is 0 Å². The van der Waals surface area contributed by atoms with Gasteiger partial charge in [-0.1, -0.05) is 0 Å². The fraction of sp³-hybridized carbons (Fsp3) is 0.0833. The van der Waals surface area contributed by atoms with E-state index in [1.165, 1.54) is 6.33 Å². The topological polar surface area (TPSA) is 54.9 Å². The normalized spacial score (nSPS) is 13.2. The summed E-state index contributed by atoms with van der Waals surface area (Å²) >= 11 is 0. The summed E-state index contributed by atoms with van der Waals surface area (Å²) in [6.45, 7) is 0. The number of hydrogen-bond donors (Lipinski definition) is 1. The Kier molecular flexibility index (Phi) is 1.77. The standard InChI is InChI=1S/C12H9N3O/c1-13-7-2-3-8-11-9(15-6-14-8)4-5-10(16)12(7)11/h2-6,13H,1H3. The summed E-state index contributed by atoms with van der Waals surface area (Å²) in [7, 11) is 1.80. The van der Waals surface area contributed by atoms with Crippen molar-refractivity contribution in [2.75, 3.05) is 12.4 Å². The van der Waals surface area contributed by atoms with Crippen LogP contribution in [0.1, 0.15) is 16.1 Å². The molecule has 16 heavy (non-hydrogen) atoms. The summed E-state index contributed by atoms with van der Waals surface area (Å²) in [6.07, 6.45) is 4.80. The van der Waals surface area contributed by atoms with E-state index in [0.717, 1.165) is 22.3 Å². The van der Waals surface area contributed by atoms with Gasteiger partial charge in [0.05, 0.1) is 16.8 Å². The van der Waals surface area contributed by atoms with Crippen molar-refractivity contribution in [3.8, 4) is 0 Å². The number of aromatic nitrogens is 2. The second kappa shape index (κ2) is 3.13. The molecule has 3 rings (SSSR count). The lowest BCUT2D eigenvalue weighted by Crippen LogP contribution is -2.07. The molecule has 0 saturated carbocycles. The van der Waals surface area contributed by atoms with Crippen LogP contribution in [0.25, 0.3) is 17.0 Å². The predicted molar refractivity (Wildman–Crippen MR) is 62.4 cm³/mol. The SMILES string of the molecule is CNc1ccc2ncnc3c2c1C(=O)C=C3. The highest BCUT2D eigenvalue weighted by molar-refractivity contribution is 6.22. The van der Waals surface area contributed by atoms with Gasteiger partial charge in [-0.3, -0.25) is 4.79 Å². The Morgan fingerprint density at radius 3 is 2.88 bits per heavy atom. The lowest BCUT2D eigenvalue weighted by atomic mass is 9.96. The first kappa shape index (κ1) is 9.03. The summed E-state index contributed by atoms with van der Waals surface area (Å²) in [6, 6.07) is 3.76. The van der Waals surface area contributed by atoms with E-state index >= 15 is 0 Å². The third-order valence-corrected chi connectivity index (χ3v) is 2.74. The van der Waals surface area contributed by atoms with Crippen LogP contribution in [0, 0.1) is 0 Å². The highest BCUT2D eigenvalue weighted by atomic mass is 16.1. The zero-order valence-corrected chi connectivity index (χ0v) is 8.69. The molecule has 0 aliphatic heterocycles. The van der Waals surface area contributed by atoms with E-state index in [1.807, 2.05) is 12.1 Å². The molecule has 4 nitrogen and oxygen atoms in total.